The van der Waals surface area contributed by atoms with Gasteiger partial charge in [0.25, 0.3) is 0 Å². The molecule has 32 heavy (non-hydrogen) atoms. The molecule has 0 saturated heterocycles. The van der Waals surface area contributed by atoms with E-state index in [0.29, 0.717) is 17.9 Å². The molecule has 11 heteroatoms. The number of rotatable bonds is 9. The first-order valence-corrected chi connectivity index (χ1v) is 10.5. The third-order valence-electron chi connectivity index (χ3n) is 5.38. The van der Waals surface area contributed by atoms with Crippen molar-refractivity contribution < 1.29 is 8.78 Å². The van der Waals surface area contributed by atoms with Crippen LogP contribution in [0.1, 0.15) is 48.7 Å². The largest absolute Gasteiger partial charge is 0.368 e. The van der Waals surface area contributed by atoms with Crippen molar-refractivity contribution in [1.82, 2.24) is 35.2 Å². The van der Waals surface area contributed by atoms with E-state index in [1.807, 2.05) is 23.8 Å². The van der Waals surface area contributed by atoms with Crippen LogP contribution in [0.5, 0.6) is 0 Å². The molecule has 0 aliphatic carbocycles. The van der Waals surface area contributed by atoms with Crippen molar-refractivity contribution in [3.05, 3.63) is 53.0 Å². The van der Waals surface area contributed by atoms with Crippen molar-refractivity contribution in [3.8, 4) is 0 Å². The summed E-state index contributed by atoms with van der Waals surface area (Å²) in [6, 6.07) is 6.37. The number of nitrogens with one attached hydrogen (secondary N) is 2. The quantitative estimate of drug-likeness (QED) is 0.339. The molecule has 3 heterocycles. The summed E-state index contributed by atoms with van der Waals surface area (Å²) < 4.78 is 31.6. The molecule has 3 aromatic heterocycles. The Morgan fingerprint density at radius 2 is 2.03 bits per heavy atom. The molecule has 1 aromatic carbocycles. The van der Waals surface area contributed by atoms with E-state index in [2.05, 4.69) is 42.8 Å². The molecule has 0 fully saturated rings. The zero-order chi connectivity index (χ0) is 22.7. The van der Waals surface area contributed by atoms with Gasteiger partial charge in [0.15, 0.2) is 5.82 Å². The number of tetrazole rings is 1. The molecule has 0 aliphatic heterocycles. The second-order valence-electron chi connectivity index (χ2n) is 7.69. The Morgan fingerprint density at radius 3 is 2.78 bits per heavy atom. The van der Waals surface area contributed by atoms with Gasteiger partial charge in [0.2, 0.25) is 11.8 Å². The van der Waals surface area contributed by atoms with Gasteiger partial charge in [0.05, 0.1) is 5.52 Å². The van der Waals surface area contributed by atoms with Crippen LogP contribution in [0.3, 0.4) is 0 Å². The Hall–Kier alpha value is -3.63. The lowest BCUT2D eigenvalue weighted by molar-refractivity contribution is 0.0328. The van der Waals surface area contributed by atoms with Crippen LogP contribution in [0.15, 0.2) is 30.5 Å². The third-order valence-corrected chi connectivity index (χ3v) is 5.38. The first kappa shape index (κ1) is 21.6. The summed E-state index contributed by atoms with van der Waals surface area (Å²) in [6.07, 6.45) is 5.09. The normalized spacial score (nSPS) is 11.9. The zero-order valence-electron chi connectivity index (χ0n) is 17.9. The van der Waals surface area contributed by atoms with Crippen LogP contribution in [-0.4, -0.2) is 41.7 Å². The van der Waals surface area contributed by atoms with Crippen LogP contribution in [-0.2, 0) is 12.5 Å². The monoisotopic (exact) mass is 441 g/mol. The molecule has 0 spiro atoms. The summed E-state index contributed by atoms with van der Waals surface area (Å²) in [6.45, 7) is 5.15. The number of aromatic nitrogens is 7. The number of anilines is 2. The molecule has 0 atom stereocenters. The van der Waals surface area contributed by atoms with Crippen LogP contribution < -0.4 is 11.1 Å². The van der Waals surface area contributed by atoms with Crippen LogP contribution in [0, 0.1) is 6.92 Å². The summed E-state index contributed by atoms with van der Waals surface area (Å²) >= 11 is 0. The van der Waals surface area contributed by atoms with Gasteiger partial charge in [-0.2, -0.15) is 19.0 Å². The lowest BCUT2D eigenvalue weighted by Crippen LogP contribution is -2.18. The molecule has 0 radical (unpaired) electrons. The van der Waals surface area contributed by atoms with Gasteiger partial charge in [-0.05, 0) is 41.8 Å². The standard InChI is InChI=1S/C21H25F2N9/c1-3-4-5-9-25-18-17-16(26-20(24)27-18)8-10-32(17)12-14-11-15(7-6-13(14)2)21(22,23)19-28-30-31-29-19/h6-8,10-11H,3-5,9,12H2,1-2H3,(H3,24,25,26,27)(H,28,29,30,31). The maximum absolute atomic E-state index is 14.8. The number of benzene rings is 1. The third kappa shape index (κ3) is 4.23. The van der Waals surface area contributed by atoms with Crippen molar-refractivity contribution in [2.45, 2.75) is 45.6 Å². The van der Waals surface area contributed by atoms with E-state index >= 15 is 0 Å². The zero-order valence-corrected chi connectivity index (χ0v) is 17.9. The number of aryl methyl sites for hydroxylation is 1. The lowest BCUT2D eigenvalue weighted by Gasteiger charge is -2.16. The summed E-state index contributed by atoms with van der Waals surface area (Å²) in [5.74, 6) is -3.20. The van der Waals surface area contributed by atoms with E-state index in [4.69, 9.17) is 5.73 Å². The lowest BCUT2D eigenvalue weighted by atomic mass is 10.0. The number of hydrogen-bond donors (Lipinski definition) is 3. The number of H-pyrrole nitrogens is 1. The van der Waals surface area contributed by atoms with E-state index in [1.54, 1.807) is 6.07 Å². The molecule has 0 aliphatic rings. The number of unbranched alkanes of at least 4 members (excludes halogenated alkanes) is 2. The van der Waals surface area contributed by atoms with E-state index in [-0.39, 0.29) is 11.5 Å². The molecule has 0 unspecified atom stereocenters. The summed E-state index contributed by atoms with van der Waals surface area (Å²) in [5.41, 5.74) is 8.78. The Kier molecular flexibility index (Phi) is 5.97. The number of nitrogen functional groups attached to an aromatic ring is 1. The average molecular weight is 441 g/mol. The smallest absolute Gasteiger partial charge is 0.335 e. The van der Waals surface area contributed by atoms with Gasteiger partial charge in [0.1, 0.15) is 5.52 Å². The Morgan fingerprint density at radius 1 is 1.19 bits per heavy atom. The van der Waals surface area contributed by atoms with Crippen LogP contribution >= 0.6 is 0 Å². The highest BCUT2D eigenvalue weighted by molar-refractivity contribution is 5.87. The molecule has 168 valence electrons. The minimum absolute atomic E-state index is 0.186. The minimum atomic E-state index is -3.36. The molecule has 0 bridgehead atoms. The van der Waals surface area contributed by atoms with E-state index in [1.165, 1.54) is 12.1 Å². The fraction of sp³-hybridized carbons (Fsp3) is 0.381. The molecule has 0 saturated carbocycles. The molecule has 4 N–H and O–H groups in total. The maximum Gasteiger partial charge on any atom is 0.335 e. The van der Waals surface area contributed by atoms with Crippen molar-refractivity contribution >= 4 is 22.8 Å². The molecular formula is C21H25F2N9. The molecular weight excluding hydrogens is 416 g/mol. The summed E-state index contributed by atoms with van der Waals surface area (Å²) in [5, 5.41) is 15.6. The van der Waals surface area contributed by atoms with Crippen molar-refractivity contribution in [1.29, 1.82) is 0 Å². The number of aromatic amines is 1. The fourth-order valence-electron chi connectivity index (χ4n) is 3.61. The first-order valence-electron chi connectivity index (χ1n) is 10.5. The van der Waals surface area contributed by atoms with Gasteiger partial charge in [-0.1, -0.05) is 31.9 Å². The van der Waals surface area contributed by atoms with Gasteiger partial charge >= 0.3 is 5.92 Å². The highest BCUT2D eigenvalue weighted by Crippen LogP contribution is 2.34. The Labute approximate surface area is 183 Å². The van der Waals surface area contributed by atoms with Crippen LogP contribution in [0.25, 0.3) is 11.0 Å². The SMILES string of the molecule is CCCCCNc1nc(N)nc2ccn(Cc3cc(C(F)(F)c4nn[nH]n4)ccc3C)c12. The average Bonchev–Trinajstić information content (AvgIpc) is 3.43. The fourth-order valence-corrected chi connectivity index (χ4v) is 3.61. The van der Waals surface area contributed by atoms with Crippen LogP contribution in [0.4, 0.5) is 20.5 Å². The first-order chi connectivity index (χ1) is 15.4. The van der Waals surface area contributed by atoms with Gasteiger partial charge in [-0.25, -0.2) is 4.98 Å². The van der Waals surface area contributed by atoms with E-state index < -0.39 is 11.7 Å². The van der Waals surface area contributed by atoms with Crippen molar-refractivity contribution in [3.63, 3.8) is 0 Å². The number of nitrogens with zero attached hydrogens (tertiary/aromatic N) is 6. The molecule has 4 rings (SSSR count). The second-order valence-corrected chi connectivity index (χ2v) is 7.69. The molecule has 9 nitrogen and oxygen atoms in total. The number of fused-ring (bicyclic) bond motifs is 1. The van der Waals surface area contributed by atoms with Crippen molar-refractivity contribution in [2.75, 3.05) is 17.6 Å². The number of alkyl halides is 2. The van der Waals surface area contributed by atoms with Crippen molar-refractivity contribution in [2.24, 2.45) is 0 Å². The van der Waals surface area contributed by atoms with E-state index in [9.17, 15) is 8.78 Å². The number of nitrogens with two attached hydrogens (primary N) is 1. The highest BCUT2D eigenvalue weighted by Gasteiger charge is 2.39. The van der Waals surface area contributed by atoms with Gasteiger partial charge in [-0.15, -0.1) is 10.2 Å². The highest BCUT2D eigenvalue weighted by atomic mass is 19.3. The van der Waals surface area contributed by atoms with Gasteiger partial charge in [0, 0.05) is 24.8 Å². The Bertz CT molecular complexity index is 1200. The summed E-state index contributed by atoms with van der Waals surface area (Å²) in [7, 11) is 0. The van der Waals surface area contributed by atoms with E-state index in [0.717, 1.165) is 42.5 Å². The second kappa shape index (κ2) is 8.85. The Balaban J connectivity index is 1.68. The summed E-state index contributed by atoms with van der Waals surface area (Å²) in [4.78, 5) is 8.69. The predicted octanol–water partition coefficient (Wildman–Crippen LogP) is 3.63. The minimum Gasteiger partial charge on any atom is -0.368 e. The molecule has 0 amide bonds. The predicted molar refractivity (Wildman–Crippen MR) is 117 cm³/mol. The van der Waals surface area contributed by atoms with Crippen LogP contribution in [0.2, 0.25) is 0 Å². The molecule has 4 aromatic rings. The van der Waals surface area contributed by atoms with Gasteiger partial charge < -0.3 is 15.6 Å². The topological polar surface area (TPSA) is 123 Å². The maximum atomic E-state index is 14.8. The number of hydrogen-bond acceptors (Lipinski definition) is 7. The van der Waals surface area contributed by atoms with Gasteiger partial charge in [-0.3, -0.25) is 0 Å². The number of halogens is 2.